The Labute approximate surface area is 121 Å². The van der Waals surface area contributed by atoms with Crippen LogP contribution in [0.4, 0.5) is 18.9 Å². The van der Waals surface area contributed by atoms with Crippen LogP contribution in [-0.4, -0.2) is 22.6 Å². The van der Waals surface area contributed by atoms with Gasteiger partial charge in [0.15, 0.2) is 0 Å². The average Bonchev–Trinajstić information content (AvgIpc) is 2.26. The number of alkyl halides is 3. The molecule has 110 valence electrons. The third-order valence-electron chi connectivity index (χ3n) is 2.18. The van der Waals surface area contributed by atoms with Gasteiger partial charge in [0.1, 0.15) is 0 Å². The smallest absolute Gasteiger partial charge is 0.366 e. The fraction of sp³-hybridized carbons (Fsp3) is 0.273. The lowest BCUT2D eigenvalue weighted by Gasteiger charge is -2.14. The Morgan fingerprint density at radius 2 is 2.00 bits per heavy atom. The van der Waals surface area contributed by atoms with Crippen molar-refractivity contribution >= 4 is 40.9 Å². The zero-order valence-electron chi connectivity index (χ0n) is 10.1. The number of nitrogens with one attached hydrogen (secondary N) is 1. The summed E-state index contributed by atoms with van der Waals surface area (Å²) < 4.78 is 36.4. The SMILES string of the molecule is C[C@@H](SC(F)(F)F)C(=O)Nc1ccc(C(N)=O)c(Cl)c1. The Hall–Kier alpha value is -1.41. The molecule has 20 heavy (non-hydrogen) atoms. The number of rotatable bonds is 4. The van der Waals surface area contributed by atoms with Gasteiger partial charge in [0.25, 0.3) is 0 Å². The lowest BCUT2D eigenvalue weighted by molar-refractivity contribution is -0.115. The minimum Gasteiger partial charge on any atom is -0.366 e. The summed E-state index contributed by atoms with van der Waals surface area (Å²) in [4.78, 5) is 22.5. The van der Waals surface area contributed by atoms with Crippen molar-refractivity contribution in [1.82, 2.24) is 0 Å². The summed E-state index contributed by atoms with van der Waals surface area (Å²) in [5.74, 6) is -1.57. The van der Waals surface area contributed by atoms with E-state index in [1.54, 1.807) is 0 Å². The molecule has 0 aliphatic carbocycles. The molecule has 3 N–H and O–H groups in total. The van der Waals surface area contributed by atoms with E-state index in [9.17, 15) is 22.8 Å². The number of hydrogen-bond acceptors (Lipinski definition) is 3. The van der Waals surface area contributed by atoms with Crippen LogP contribution in [0.3, 0.4) is 0 Å². The van der Waals surface area contributed by atoms with Gasteiger partial charge in [-0.1, -0.05) is 11.6 Å². The van der Waals surface area contributed by atoms with Crippen molar-refractivity contribution in [2.45, 2.75) is 17.7 Å². The lowest BCUT2D eigenvalue weighted by atomic mass is 10.2. The molecule has 0 saturated heterocycles. The maximum absolute atomic E-state index is 12.1. The molecule has 0 heterocycles. The number of carbonyl (C=O) groups is 2. The normalized spacial score (nSPS) is 12.8. The number of primary amides is 1. The van der Waals surface area contributed by atoms with Crippen LogP contribution in [0.5, 0.6) is 0 Å². The molecule has 2 amide bonds. The number of hydrogen-bond donors (Lipinski definition) is 2. The van der Waals surface area contributed by atoms with E-state index >= 15 is 0 Å². The molecule has 0 radical (unpaired) electrons. The molecule has 0 aromatic heterocycles. The quantitative estimate of drug-likeness (QED) is 0.893. The summed E-state index contributed by atoms with van der Waals surface area (Å²) in [6.45, 7) is 1.13. The minimum atomic E-state index is -4.50. The van der Waals surface area contributed by atoms with Crippen molar-refractivity contribution in [2.24, 2.45) is 5.73 Å². The molecule has 0 unspecified atom stereocenters. The number of halogens is 4. The van der Waals surface area contributed by atoms with Gasteiger partial charge in [-0.2, -0.15) is 13.2 Å². The average molecular weight is 327 g/mol. The Bertz CT molecular complexity index is 537. The molecule has 9 heteroatoms. The molecule has 0 aliphatic heterocycles. The first-order valence-corrected chi connectivity index (χ1v) is 6.50. The van der Waals surface area contributed by atoms with E-state index < -0.39 is 34.3 Å². The monoisotopic (exact) mass is 326 g/mol. The predicted octanol–water partition coefficient (Wildman–Crippen LogP) is 3.02. The second kappa shape index (κ2) is 6.36. The molecular weight excluding hydrogens is 317 g/mol. The van der Waals surface area contributed by atoms with Gasteiger partial charge in [-0.3, -0.25) is 9.59 Å². The van der Waals surface area contributed by atoms with Gasteiger partial charge in [0.05, 0.1) is 15.8 Å². The highest BCUT2D eigenvalue weighted by atomic mass is 35.5. The number of benzene rings is 1. The first kappa shape index (κ1) is 16.6. The van der Waals surface area contributed by atoms with Gasteiger partial charge in [-0.25, -0.2) is 0 Å². The van der Waals surface area contributed by atoms with Crippen LogP contribution in [-0.2, 0) is 4.79 Å². The molecule has 0 spiro atoms. The molecule has 1 aromatic carbocycles. The van der Waals surface area contributed by atoms with Gasteiger partial charge in [0, 0.05) is 5.69 Å². The van der Waals surface area contributed by atoms with Crippen molar-refractivity contribution < 1.29 is 22.8 Å². The van der Waals surface area contributed by atoms with Crippen LogP contribution < -0.4 is 11.1 Å². The van der Waals surface area contributed by atoms with Gasteiger partial charge < -0.3 is 11.1 Å². The third kappa shape index (κ3) is 4.93. The zero-order chi connectivity index (χ0) is 15.5. The molecule has 1 aromatic rings. The first-order valence-electron chi connectivity index (χ1n) is 5.25. The molecule has 1 rings (SSSR count). The fourth-order valence-corrected chi connectivity index (χ4v) is 2.13. The topological polar surface area (TPSA) is 72.2 Å². The van der Waals surface area contributed by atoms with Crippen molar-refractivity contribution in [3.8, 4) is 0 Å². The van der Waals surface area contributed by atoms with Crippen molar-refractivity contribution in [1.29, 1.82) is 0 Å². The molecule has 0 aliphatic rings. The number of carbonyl (C=O) groups excluding carboxylic acids is 2. The Balaban J connectivity index is 2.76. The van der Waals surface area contributed by atoms with Crippen LogP contribution in [0, 0.1) is 0 Å². The van der Waals surface area contributed by atoms with E-state index in [-0.39, 0.29) is 16.3 Å². The number of nitrogens with two attached hydrogens (primary N) is 1. The molecule has 4 nitrogen and oxygen atoms in total. The Morgan fingerprint density at radius 3 is 2.45 bits per heavy atom. The van der Waals surface area contributed by atoms with Gasteiger partial charge >= 0.3 is 5.51 Å². The Kier molecular flexibility index (Phi) is 5.29. The van der Waals surface area contributed by atoms with Crippen LogP contribution in [0.2, 0.25) is 5.02 Å². The maximum Gasteiger partial charge on any atom is 0.442 e. The number of anilines is 1. The highest BCUT2D eigenvalue weighted by Gasteiger charge is 2.34. The minimum absolute atomic E-state index is 0.00595. The van der Waals surface area contributed by atoms with Crippen LogP contribution in [0.15, 0.2) is 18.2 Å². The van der Waals surface area contributed by atoms with Crippen LogP contribution in [0.25, 0.3) is 0 Å². The van der Waals surface area contributed by atoms with Crippen LogP contribution in [0.1, 0.15) is 17.3 Å². The summed E-state index contributed by atoms with van der Waals surface area (Å²) in [5.41, 5.74) is 0.787. The molecule has 0 fully saturated rings. The first-order chi connectivity index (χ1) is 9.10. The van der Waals surface area contributed by atoms with E-state index in [4.69, 9.17) is 17.3 Å². The summed E-state index contributed by atoms with van der Waals surface area (Å²) in [7, 11) is 0. The summed E-state index contributed by atoms with van der Waals surface area (Å²) >= 11 is 5.33. The fourth-order valence-electron chi connectivity index (χ4n) is 1.29. The van der Waals surface area contributed by atoms with Gasteiger partial charge in [-0.05, 0) is 36.9 Å². The van der Waals surface area contributed by atoms with Crippen LogP contribution >= 0.6 is 23.4 Å². The van der Waals surface area contributed by atoms with Crippen molar-refractivity contribution in [2.75, 3.05) is 5.32 Å². The highest BCUT2D eigenvalue weighted by molar-refractivity contribution is 8.01. The standard InChI is InChI=1S/C11H10ClF3N2O2S/c1-5(20-11(13,14)15)10(19)17-6-2-3-7(9(16)18)8(12)4-6/h2-5H,1H3,(H2,16,18)(H,17,19)/t5-/m1/s1. The number of thioether (sulfide) groups is 1. The second-order valence-corrected chi connectivity index (χ2v) is 5.57. The van der Waals surface area contributed by atoms with Crippen molar-refractivity contribution in [3.63, 3.8) is 0 Å². The number of amides is 2. The van der Waals surface area contributed by atoms with E-state index in [0.29, 0.717) is 0 Å². The summed E-state index contributed by atoms with van der Waals surface area (Å²) in [6.07, 6.45) is 0. The lowest BCUT2D eigenvalue weighted by Crippen LogP contribution is -2.25. The molecule has 0 saturated carbocycles. The largest absolute Gasteiger partial charge is 0.442 e. The summed E-state index contributed by atoms with van der Waals surface area (Å²) in [5, 5.41) is 0.966. The second-order valence-electron chi connectivity index (χ2n) is 3.75. The van der Waals surface area contributed by atoms with E-state index in [1.807, 2.05) is 0 Å². The predicted molar refractivity (Wildman–Crippen MR) is 71.7 cm³/mol. The zero-order valence-corrected chi connectivity index (χ0v) is 11.7. The molecule has 1 atom stereocenters. The maximum atomic E-state index is 12.1. The molecule has 0 bridgehead atoms. The van der Waals surface area contributed by atoms with E-state index in [1.165, 1.54) is 18.2 Å². The highest BCUT2D eigenvalue weighted by Crippen LogP contribution is 2.34. The third-order valence-corrected chi connectivity index (χ3v) is 3.33. The van der Waals surface area contributed by atoms with Crippen molar-refractivity contribution in [3.05, 3.63) is 28.8 Å². The van der Waals surface area contributed by atoms with Gasteiger partial charge in [-0.15, -0.1) is 0 Å². The van der Waals surface area contributed by atoms with Gasteiger partial charge in [0.2, 0.25) is 11.8 Å². The van der Waals surface area contributed by atoms with E-state index in [0.717, 1.165) is 6.92 Å². The molecular formula is C11H10ClF3N2O2S. The van der Waals surface area contributed by atoms with E-state index in [2.05, 4.69) is 5.32 Å². The Morgan fingerprint density at radius 1 is 1.40 bits per heavy atom. The summed E-state index contributed by atoms with van der Waals surface area (Å²) in [6, 6.07) is 3.85.